The zero-order chi connectivity index (χ0) is 37.2. The van der Waals surface area contributed by atoms with Gasteiger partial charge in [-0.3, -0.25) is 9.59 Å². The van der Waals surface area contributed by atoms with Crippen LogP contribution < -0.4 is 30.0 Å². The average molecular weight is 742 g/mol. The number of benzene rings is 3. The lowest BCUT2D eigenvalue weighted by molar-refractivity contribution is -0.286. The van der Waals surface area contributed by atoms with Crippen molar-refractivity contribution < 1.29 is 51.2 Å². The van der Waals surface area contributed by atoms with Crippen LogP contribution in [0, 0.1) is 5.82 Å². The van der Waals surface area contributed by atoms with Crippen molar-refractivity contribution in [1.29, 1.82) is 0 Å². The predicted octanol–water partition coefficient (Wildman–Crippen LogP) is 5.80. The summed E-state index contributed by atoms with van der Waals surface area (Å²) in [5, 5.41) is 19.4. The molecule has 1 atom stereocenters. The molecule has 270 valence electrons. The van der Waals surface area contributed by atoms with E-state index in [2.05, 4.69) is 24.9 Å². The number of amides is 2. The molecule has 3 aromatic carbocycles. The van der Waals surface area contributed by atoms with Crippen molar-refractivity contribution in [3.8, 4) is 34.3 Å². The molecule has 0 unspecified atom stereocenters. The number of halogens is 5. The summed E-state index contributed by atoms with van der Waals surface area (Å²) in [7, 11) is 1.37. The molecule has 0 bridgehead atoms. The maximum atomic E-state index is 14.8. The number of nitrogens with zero attached hydrogens (tertiary/aromatic N) is 3. The molecular weight excluding hydrogens is 714 g/mol. The van der Waals surface area contributed by atoms with Crippen LogP contribution in [0.1, 0.15) is 51.7 Å². The van der Waals surface area contributed by atoms with Crippen molar-refractivity contribution in [1.82, 2.24) is 20.1 Å². The summed E-state index contributed by atoms with van der Waals surface area (Å²) in [6.07, 6.45) is -1.94. The molecule has 1 fully saturated rings. The number of hydrogen-bond donors (Lipinski definition) is 3. The topological polar surface area (TPSA) is 160 Å². The number of carbonyl (C=O) groups is 2. The Morgan fingerprint density at radius 3 is 2.50 bits per heavy atom. The van der Waals surface area contributed by atoms with Crippen LogP contribution in [0.15, 0.2) is 60.8 Å². The third kappa shape index (κ3) is 6.06. The van der Waals surface area contributed by atoms with Crippen molar-refractivity contribution in [3.05, 3.63) is 94.0 Å². The van der Waals surface area contributed by atoms with Crippen LogP contribution in [-0.2, 0) is 11.4 Å². The Labute approximate surface area is 297 Å². The third-order valence-corrected chi connectivity index (χ3v) is 9.05. The molecule has 2 aliphatic rings. The van der Waals surface area contributed by atoms with Gasteiger partial charge in [0.25, 0.3) is 11.8 Å². The van der Waals surface area contributed by atoms with Gasteiger partial charge in [0.2, 0.25) is 5.79 Å². The number of fused-ring (bicyclic) bond motifs is 2. The second-order valence-corrected chi connectivity index (χ2v) is 12.5. The van der Waals surface area contributed by atoms with Gasteiger partial charge in [0.15, 0.2) is 17.2 Å². The van der Waals surface area contributed by atoms with Crippen molar-refractivity contribution in [2.24, 2.45) is 5.73 Å². The number of pyridine rings is 1. The van der Waals surface area contributed by atoms with Gasteiger partial charge < -0.3 is 35.1 Å². The third-order valence-electron chi connectivity index (χ3n) is 8.67. The molecule has 4 N–H and O–H groups in total. The van der Waals surface area contributed by atoms with Crippen LogP contribution >= 0.6 is 11.6 Å². The van der Waals surface area contributed by atoms with E-state index in [9.17, 15) is 32.3 Å². The highest BCUT2D eigenvalue weighted by molar-refractivity contribution is 6.35. The van der Waals surface area contributed by atoms with Gasteiger partial charge in [-0.25, -0.2) is 18.4 Å². The van der Waals surface area contributed by atoms with Crippen molar-refractivity contribution in [3.63, 3.8) is 0 Å². The van der Waals surface area contributed by atoms with Crippen LogP contribution in [0.3, 0.4) is 0 Å². The largest absolute Gasteiger partial charge is 0.586 e. The van der Waals surface area contributed by atoms with Crippen LogP contribution in [0.25, 0.3) is 22.2 Å². The molecule has 1 aliphatic heterocycles. The molecule has 0 radical (unpaired) electrons. The van der Waals surface area contributed by atoms with Crippen LogP contribution in [-0.4, -0.2) is 58.2 Å². The zero-order valence-electron chi connectivity index (χ0n) is 27.3. The van der Waals surface area contributed by atoms with Gasteiger partial charge in [-0.15, -0.1) is 8.78 Å². The molecule has 17 heteroatoms. The van der Waals surface area contributed by atoms with E-state index in [1.54, 1.807) is 6.92 Å². The van der Waals surface area contributed by atoms with E-state index in [4.69, 9.17) is 26.8 Å². The van der Waals surface area contributed by atoms with Crippen LogP contribution in [0.2, 0.25) is 5.02 Å². The first kappa shape index (κ1) is 34.8. The summed E-state index contributed by atoms with van der Waals surface area (Å²) in [6, 6.07) is 11.0. The number of ether oxygens (including phenoxy) is 4. The number of alkyl halides is 3. The molecule has 1 aliphatic carbocycles. The number of rotatable bonds is 11. The van der Waals surface area contributed by atoms with Crippen molar-refractivity contribution >= 4 is 34.3 Å². The number of carbonyl (C=O) groups excluding carboxylic acids is 2. The minimum Gasteiger partial charge on any atom is -0.494 e. The Morgan fingerprint density at radius 1 is 1.12 bits per heavy atom. The molecule has 52 heavy (non-hydrogen) atoms. The smallest absolute Gasteiger partial charge is 0.494 e. The van der Waals surface area contributed by atoms with E-state index >= 15 is 0 Å². The number of hydrogen-bond acceptors (Lipinski definition) is 9. The van der Waals surface area contributed by atoms with Crippen LogP contribution in [0.5, 0.6) is 23.0 Å². The summed E-state index contributed by atoms with van der Waals surface area (Å²) in [5.74, 6) is -4.87. The maximum Gasteiger partial charge on any atom is 0.586 e. The number of nitrogens with one attached hydrogen (secondary N) is 1. The van der Waals surface area contributed by atoms with Gasteiger partial charge >= 0.3 is 6.29 Å². The lowest BCUT2D eigenvalue weighted by Crippen LogP contribution is -2.42. The number of aromatic nitrogens is 3. The molecule has 3 heterocycles. The fourth-order valence-electron chi connectivity index (χ4n) is 5.87. The molecular formula is C35H28ClF4N5O7. The van der Waals surface area contributed by atoms with Gasteiger partial charge in [0, 0.05) is 35.6 Å². The lowest BCUT2D eigenvalue weighted by Gasteiger charge is -2.30. The van der Waals surface area contributed by atoms with Gasteiger partial charge in [-0.2, -0.15) is 5.10 Å². The Balaban J connectivity index is 1.33. The summed E-state index contributed by atoms with van der Waals surface area (Å²) in [6.45, 7) is 0.976. The van der Waals surface area contributed by atoms with E-state index in [1.165, 1.54) is 48.3 Å². The fourth-order valence-corrected chi connectivity index (χ4v) is 6.15. The molecule has 2 amide bonds. The summed E-state index contributed by atoms with van der Waals surface area (Å²) < 4.78 is 78.3. The first-order valence-corrected chi connectivity index (χ1v) is 16.1. The minimum atomic E-state index is -4.01. The Bertz CT molecular complexity index is 2270. The fraction of sp³-hybridized carbons (Fsp3) is 0.257. The molecule has 2 aromatic heterocycles. The Morgan fingerprint density at radius 2 is 1.85 bits per heavy atom. The molecule has 1 saturated carbocycles. The van der Waals surface area contributed by atoms with E-state index < -0.39 is 47.6 Å². The number of aliphatic hydroxyl groups is 1. The molecule has 0 saturated heterocycles. The first-order valence-electron chi connectivity index (χ1n) is 15.8. The molecule has 0 spiro atoms. The number of primary amides is 1. The number of nitrogens with two attached hydrogens (primary N) is 1. The molecule has 12 nitrogen and oxygen atoms in total. The van der Waals surface area contributed by atoms with Crippen molar-refractivity contribution in [2.75, 3.05) is 20.3 Å². The highest BCUT2D eigenvalue weighted by Crippen LogP contribution is 2.51. The lowest BCUT2D eigenvalue weighted by atomic mass is 9.88. The normalized spacial score (nSPS) is 16.3. The van der Waals surface area contributed by atoms with Gasteiger partial charge in [0.05, 0.1) is 36.5 Å². The monoisotopic (exact) mass is 741 g/mol. The number of methoxy groups -OCH3 is 1. The van der Waals surface area contributed by atoms with Gasteiger partial charge in [-0.05, 0) is 55.0 Å². The van der Waals surface area contributed by atoms with E-state index in [1.807, 2.05) is 0 Å². The predicted molar refractivity (Wildman–Crippen MR) is 177 cm³/mol. The Kier molecular flexibility index (Phi) is 8.41. The SMILES string of the molecule is CCOc1c(C(N)=O)cc([C@@](O)(CNC(=O)c2cc(OC)c3nn(C4(F)CC4)cc3c2)c2ccc(F)cc2)nc1-c1ccc2c(c1Cl)OC(F)(F)O2. The average Bonchev–Trinajstić information content (AvgIpc) is 3.55. The van der Waals surface area contributed by atoms with Gasteiger partial charge in [-0.1, -0.05) is 23.7 Å². The quantitative estimate of drug-likeness (QED) is 0.142. The maximum absolute atomic E-state index is 14.8. The summed E-state index contributed by atoms with van der Waals surface area (Å²) >= 11 is 6.54. The van der Waals surface area contributed by atoms with Crippen LogP contribution in [0.4, 0.5) is 17.6 Å². The summed E-state index contributed by atoms with van der Waals surface area (Å²) in [5.41, 5.74) is 3.02. The summed E-state index contributed by atoms with van der Waals surface area (Å²) in [4.78, 5) is 31.2. The van der Waals surface area contributed by atoms with E-state index in [0.29, 0.717) is 23.7 Å². The Hall–Kier alpha value is -5.61. The van der Waals surface area contributed by atoms with E-state index in [-0.39, 0.29) is 62.5 Å². The molecule has 7 rings (SSSR count). The standard InChI is InChI=1S/C35H28ClF4N5O7/c1-3-50-29-22(31(41)46)14-25(43-28(29)21-8-9-23-30(26(21)36)52-35(39,40)51-23)34(48,19-4-6-20(37)7-5-19)16-42-32(47)17-12-18-15-45(33(38)10-11-33)44-27(18)24(13-17)49-2/h4-9,12-15,48H,3,10-11,16H2,1-2H3,(H2,41,46)(H,42,47)/t34-/m1/s1. The van der Waals surface area contributed by atoms with Crippen molar-refractivity contribution in [2.45, 2.75) is 37.5 Å². The minimum absolute atomic E-state index is 0.00808. The first-order chi connectivity index (χ1) is 24.7. The second kappa shape index (κ2) is 12.6. The van der Waals surface area contributed by atoms with E-state index in [0.717, 1.165) is 24.3 Å². The highest BCUT2D eigenvalue weighted by Gasteiger charge is 2.47. The highest BCUT2D eigenvalue weighted by atomic mass is 35.5. The van der Waals surface area contributed by atoms with Gasteiger partial charge in [0.1, 0.15) is 28.4 Å². The molecule has 5 aromatic rings. The second-order valence-electron chi connectivity index (χ2n) is 12.1. The zero-order valence-corrected chi connectivity index (χ0v) is 28.1.